The van der Waals surface area contributed by atoms with Crippen molar-refractivity contribution in [1.29, 1.82) is 0 Å². The van der Waals surface area contributed by atoms with Gasteiger partial charge in [-0.3, -0.25) is 0 Å². The van der Waals surface area contributed by atoms with E-state index in [0.717, 1.165) is 12.5 Å². The Morgan fingerprint density at radius 2 is 1.88 bits per heavy atom. The van der Waals surface area contributed by atoms with Gasteiger partial charge < -0.3 is 5.32 Å². The lowest BCUT2D eigenvalue weighted by Crippen LogP contribution is -2.45. The van der Waals surface area contributed by atoms with Gasteiger partial charge >= 0.3 is 0 Å². The van der Waals surface area contributed by atoms with Gasteiger partial charge in [0.1, 0.15) is 0 Å². The molecule has 0 spiro atoms. The maximum Gasteiger partial charge on any atom is 0.0331 e. The van der Waals surface area contributed by atoms with Gasteiger partial charge in [-0.25, -0.2) is 0 Å². The van der Waals surface area contributed by atoms with Crippen LogP contribution in [0.25, 0.3) is 0 Å². The Morgan fingerprint density at radius 1 is 1.29 bits per heavy atom. The second-order valence-corrected chi connectivity index (χ2v) is 6.40. The summed E-state index contributed by atoms with van der Waals surface area (Å²) in [5, 5.41) is 3.76. The molecule has 1 aliphatic rings. The topological polar surface area (TPSA) is 12.0 Å². The third-order valence-electron chi connectivity index (χ3n) is 4.12. The molecule has 0 saturated heterocycles. The first-order valence-electron chi connectivity index (χ1n) is 7.40. The van der Waals surface area contributed by atoms with Crippen LogP contribution in [0.4, 0.5) is 0 Å². The molecule has 0 aromatic carbocycles. The summed E-state index contributed by atoms with van der Waals surface area (Å²) >= 11 is 0. The monoisotopic (exact) mass is 237 g/mol. The molecule has 1 N–H and O–H groups in total. The van der Waals surface area contributed by atoms with Gasteiger partial charge in [-0.2, -0.15) is 0 Å². The number of hydrogen-bond acceptors (Lipinski definition) is 1. The van der Waals surface area contributed by atoms with Crippen LogP contribution in [0.15, 0.2) is 12.2 Å². The first-order valence-corrected chi connectivity index (χ1v) is 7.40. The van der Waals surface area contributed by atoms with E-state index in [1.807, 2.05) is 0 Å². The molecule has 1 rings (SSSR count). The molecule has 1 saturated carbocycles. The lowest BCUT2D eigenvalue weighted by atomic mass is 9.70. The molecule has 1 nitrogen and oxygen atoms in total. The van der Waals surface area contributed by atoms with Crippen LogP contribution in [-0.4, -0.2) is 12.6 Å². The molecule has 1 atom stereocenters. The minimum atomic E-state index is 0.495. The lowest BCUT2D eigenvalue weighted by Gasteiger charge is -2.40. The van der Waals surface area contributed by atoms with Gasteiger partial charge in [0.05, 0.1) is 0 Å². The first-order chi connectivity index (χ1) is 8.02. The Hall–Kier alpha value is -0.300. The number of nitrogens with one attached hydrogen (secondary N) is 1. The van der Waals surface area contributed by atoms with Crippen molar-refractivity contribution < 1.29 is 0 Å². The largest absolute Gasteiger partial charge is 0.310 e. The Kier molecular flexibility index (Phi) is 5.72. The third-order valence-corrected chi connectivity index (χ3v) is 4.12. The third kappa shape index (κ3) is 3.84. The predicted molar refractivity (Wildman–Crippen MR) is 77.3 cm³/mol. The molecule has 0 aliphatic heterocycles. The summed E-state index contributed by atoms with van der Waals surface area (Å²) in [6, 6.07) is 0.535. The average molecular weight is 237 g/mol. The van der Waals surface area contributed by atoms with Gasteiger partial charge in [0.2, 0.25) is 0 Å². The molecule has 0 heterocycles. The SMILES string of the molecule is C=C(C)C(NCCC)C1(CC(C)C)CCCC1. The molecular formula is C16H31N. The molecule has 0 bridgehead atoms. The standard InChI is InChI=1S/C16H31N/c1-6-11-17-15(14(4)5)16(12-13(2)3)9-7-8-10-16/h13,15,17H,4,6-12H2,1-3,5H3. The van der Waals surface area contributed by atoms with E-state index in [0.29, 0.717) is 11.5 Å². The number of rotatable bonds is 7. The summed E-state index contributed by atoms with van der Waals surface area (Å²) in [7, 11) is 0. The van der Waals surface area contributed by atoms with Crippen LogP contribution >= 0.6 is 0 Å². The lowest BCUT2D eigenvalue weighted by molar-refractivity contribution is 0.176. The molecule has 1 heteroatoms. The van der Waals surface area contributed by atoms with Crippen molar-refractivity contribution in [2.45, 2.75) is 72.3 Å². The van der Waals surface area contributed by atoms with Crippen LogP contribution < -0.4 is 5.32 Å². The van der Waals surface area contributed by atoms with Gasteiger partial charge in [-0.05, 0) is 50.5 Å². The van der Waals surface area contributed by atoms with Crippen LogP contribution in [0.2, 0.25) is 0 Å². The van der Waals surface area contributed by atoms with Crippen molar-refractivity contribution in [3.05, 3.63) is 12.2 Å². The summed E-state index contributed by atoms with van der Waals surface area (Å²) in [6.07, 6.45) is 8.15. The summed E-state index contributed by atoms with van der Waals surface area (Å²) in [5.74, 6) is 0.790. The zero-order valence-electron chi connectivity index (χ0n) is 12.3. The van der Waals surface area contributed by atoms with E-state index >= 15 is 0 Å². The van der Waals surface area contributed by atoms with E-state index in [-0.39, 0.29) is 0 Å². The quantitative estimate of drug-likeness (QED) is 0.641. The van der Waals surface area contributed by atoms with Gasteiger partial charge in [-0.15, -0.1) is 0 Å². The number of hydrogen-bond donors (Lipinski definition) is 1. The van der Waals surface area contributed by atoms with E-state index in [1.54, 1.807) is 0 Å². The Morgan fingerprint density at radius 3 is 2.29 bits per heavy atom. The van der Waals surface area contributed by atoms with Gasteiger partial charge in [0.25, 0.3) is 0 Å². The first kappa shape index (κ1) is 14.8. The van der Waals surface area contributed by atoms with Crippen LogP contribution in [-0.2, 0) is 0 Å². The molecule has 1 unspecified atom stereocenters. The van der Waals surface area contributed by atoms with Crippen molar-refractivity contribution in [1.82, 2.24) is 5.32 Å². The van der Waals surface area contributed by atoms with Gasteiger partial charge in [0.15, 0.2) is 0 Å². The molecule has 1 fully saturated rings. The maximum absolute atomic E-state index is 4.24. The predicted octanol–water partition coefficient (Wildman–Crippen LogP) is 4.54. The minimum Gasteiger partial charge on any atom is -0.310 e. The molecule has 100 valence electrons. The maximum atomic E-state index is 4.24. The fourth-order valence-electron chi connectivity index (χ4n) is 3.70. The summed E-state index contributed by atoms with van der Waals surface area (Å²) in [6.45, 7) is 14.5. The highest BCUT2D eigenvalue weighted by Gasteiger charge is 2.41. The van der Waals surface area contributed by atoms with E-state index in [1.165, 1.54) is 44.1 Å². The molecule has 0 radical (unpaired) electrons. The summed E-state index contributed by atoms with van der Waals surface area (Å²) in [5.41, 5.74) is 1.83. The van der Waals surface area contributed by atoms with Crippen molar-refractivity contribution in [2.75, 3.05) is 6.54 Å². The molecule has 1 aliphatic carbocycles. The van der Waals surface area contributed by atoms with Crippen LogP contribution in [0.5, 0.6) is 0 Å². The zero-order chi connectivity index (χ0) is 12.9. The van der Waals surface area contributed by atoms with Crippen LogP contribution in [0.1, 0.15) is 66.2 Å². The highest BCUT2D eigenvalue weighted by atomic mass is 14.9. The van der Waals surface area contributed by atoms with Gasteiger partial charge in [-0.1, -0.05) is 45.8 Å². The highest BCUT2D eigenvalue weighted by molar-refractivity contribution is 5.11. The van der Waals surface area contributed by atoms with Crippen LogP contribution in [0, 0.1) is 11.3 Å². The average Bonchev–Trinajstić information content (AvgIpc) is 2.66. The summed E-state index contributed by atoms with van der Waals surface area (Å²) < 4.78 is 0. The van der Waals surface area contributed by atoms with E-state index in [9.17, 15) is 0 Å². The molecule has 0 amide bonds. The summed E-state index contributed by atoms with van der Waals surface area (Å²) in [4.78, 5) is 0. The molecule has 17 heavy (non-hydrogen) atoms. The fourth-order valence-corrected chi connectivity index (χ4v) is 3.70. The Labute approximate surface area is 108 Å². The Balaban J connectivity index is 2.80. The van der Waals surface area contributed by atoms with E-state index in [2.05, 4.69) is 39.6 Å². The second-order valence-electron chi connectivity index (χ2n) is 6.40. The smallest absolute Gasteiger partial charge is 0.0331 e. The normalized spacial score (nSPS) is 20.8. The van der Waals surface area contributed by atoms with Crippen LogP contribution in [0.3, 0.4) is 0 Å². The minimum absolute atomic E-state index is 0.495. The van der Waals surface area contributed by atoms with Crippen molar-refractivity contribution in [3.8, 4) is 0 Å². The van der Waals surface area contributed by atoms with Crippen molar-refractivity contribution in [3.63, 3.8) is 0 Å². The molecule has 0 aromatic rings. The fraction of sp³-hybridized carbons (Fsp3) is 0.875. The zero-order valence-corrected chi connectivity index (χ0v) is 12.3. The van der Waals surface area contributed by atoms with Crippen molar-refractivity contribution >= 4 is 0 Å². The Bertz CT molecular complexity index is 236. The molecule has 0 aromatic heterocycles. The second kappa shape index (κ2) is 6.58. The van der Waals surface area contributed by atoms with Crippen molar-refractivity contribution in [2.24, 2.45) is 11.3 Å². The highest BCUT2D eigenvalue weighted by Crippen LogP contribution is 2.47. The van der Waals surface area contributed by atoms with E-state index in [4.69, 9.17) is 0 Å². The molecular weight excluding hydrogens is 206 g/mol. The van der Waals surface area contributed by atoms with E-state index < -0.39 is 0 Å². The van der Waals surface area contributed by atoms with Gasteiger partial charge in [0, 0.05) is 6.04 Å².